The van der Waals surface area contributed by atoms with E-state index in [-0.39, 0.29) is 5.70 Å². The van der Waals surface area contributed by atoms with Crippen LogP contribution in [0.1, 0.15) is 0 Å². The van der Waals surface area contributed by atoms with Crippen LogP contribution >= 0.6 is 0 Å². The maximum atomic E-state index is 10.2. The van der Waals surface area contributed by atoms with Crippen LogP contribution in [0.25, 0.3) is 0 Å². The van der Waals surface area contributed by atoms with Crippen molar-refractivity contribution in [3.8, 4) is 0 Å². The zero-order chi connectivity index (χ0) is 6.85. The maximum absolute atomic E-state index is 10.2. The van der Waals surface area contributed by atoms with Gasteiger partial charge in [-0.25, -0.2) is 0 Å². The molecule has 0 bridgehead atoms. The first kappa shape index (κ1) is 5.61. The predicted octanol–water partition coefficient (Wildman–Crippen LogP) is -0.652. The van der Waals surface area contributed by atoms with Crippen LogP contribution in [0.3, 0.4) is 0 Å². The second kappa shape index (κ2) is 1.77. The molecule has 0 spiro atoms. The smallest absolute Gasteiger partial charge is 0.290 e. The van der Waals surface area contributed by atoms with Crippen LogP contribution in [0.15, 0.2) is 22.0 Å². The van der Waals surface area contributed by atoms with Crippen molar-refractivity contribution in [2.75, 3.05) is 0 Å². The number of nitrogens with two attached hydrogens (primary N) is 1. The highest BCUT2D eigenvalue weighted by molar-refractivity contribution is 6.02. The summed E-state index contributed by atoms with van der Waals surface area (Å²) >= 11 is 0. The van der Waals surface area contributed by atoms with E-state index >= 15 is 0 Å². The number of carbonyl (C=O) groups excluding carboxylic acids is 2. The highest BCUT2D eigenvalue weighted by Gasteiger charge is 2.11. The van der Waals surface area contributed by atoms with Gasteiger partial charge >= 0.3 is 0 Å². The van der Waals surface area contributed by atoms with Gasteiger partial charge in [0.1, 0.15) is 0 Å². The Morgan fingerprint density at radius 1 is 1.56 bits per heavy atom. The highest BCUT2D eigenvalue weighted by Crippen LogP contribution is 2.04. The zero-order valence-corrected chi connectivity index (χ0v) is 4.37. The Labute approximate surface area is 50.2 Å². The molecule has 1 rings (SSSR count). The lowest BCUT2D eigenvalue weighted by molar-refractivity contribution is -0.115. The van der Waals surface area contributed by atoms with Crippen molar-refractivity contribution in [1.29, 1.82) is 0 Å². The Bertz CT molecular complexity index is 228. The van der Waals surface area contributed by atoms with E-state index in [0.29, 0.717) is 0 Å². The molecule has 0 atom stereocenters. The van der Waals surface area contributed by atoms with Gasteiger partial charge in [-0.3, -0.25) is 9.59 Å². The summed E-state index contributed by atoms with van der Waals surface area (Å²) in [6.07, 6.45) is 0.988. The minimum atomic E-state index is -0.732. The van der Waals surface area contributed by atoms with Crippen molar-refractivity contribution >= 4 is 11.8 Å². The summed E-state index contributed by atoms with van der Waals surface area (Å²) in [5, 5.41) is 6.21. The van der Waals surface area contributed by atoms with Gasteiger partial charge in [-0.15, -0.1) is 10.2 Å². The van der Waals surface area contributed by atoms with Crippen LogP contribution in [0, 0.1) is 0 Å². The van der Waals surface area contributed by atoms with Gasteiger partial charge in [-0.1, -0.05) is 0 Å². The van der Waals surface area contributed by atoms with Crippen LogP contribution in [0.4, 0.5) is 0 Å². The Kier molecular flexibility index (Phi) is 1.11. The summed E-state index contributed by atoms with van der Waals surface area (Å²) < 4.78 is 0. The molecule has 0 aromatic rings. The van der Waals surface area contributed by atoms with Crippen LogP contribution in [-0.2, 0) is 9.59 Å². The SMILES string of the molecule is NC(=O)C1=CC(=O)N=N1. The van der Waals surface area contributed by atoms with Gasteiger partial charge in [0.05, 0.1) is 0 Å². The van der Waals surface area contributed by atoms with Gasteiger partial charge < -0.3 is 5.73 Å². The molecule has 1 aliphatic rings. The average molecular weight is 125 g/mol. The standard InChI is InChI=1S/C4H3N3O2/c5-4(9)2-1-3(8)7-6-2/h1H,(H2,5,9). The molecule has 2 amide bonds. The lowest BCUT2D eigenvalue weighted by Crippen LogP contribution is -2.11. The second-order valence-electron chi connectivity index (χ2n) is 1.43. The predicted molar refractivity (Wildman–Crippen MR) is 27.1 cm³/mol. The highest BCUT2D eigenvalue weighted by atomic mass is 16.2. The Hall–Kier alpha value is -1.52. The van der Waals surface area contributed by atoms with Gasteiger partial charge in [0.2, 0.25) is 0 Å². The number of rotatable bonds is 1. The topological polar surface area (TPSA) is 84.9 Å². The fraction of sp³-hybridized carbons (Fsp3) is 0. The molecule has 0 radical (unpaired) electrons. The first-order valence-corrected chi connectivity index (χ1v) is 2.17. The second-order valence-corrected chi connectivity index (χ2v) is 1.43. The quantitative estimate of drug-likeness (QED) is 0.504. The minimum Gasteiger partial charge on any atom is -0.364 e. The van der Waals surface area contributed by atoms with Crippen molar-refractivity contribution in [3.05, 3.63) is 11.8 Å². The van der Waals surface area contributed by atoms with Crippen LogP contribution in [0.2, 0.25) is 0 Å². The minimum absolute atomic E-state index is 0.0833. The molecule has 1 heterocycles. The number of carbonyl (C=O) groups is 2. The summed E-state index contributed by atoms with van der Waals surface area (Å²) in [4.78, 5) is 20.4. The van der Waals surface area contributed by atoms with Crippen LogP contribution in [-0.4, -0.2) is 11.8 Å². The zero-order valence-electron chi connectivity index (χ0n) is 4.37. The molecule has 0 fully saturated rings. The summed E-state index contributed by atoms with van der Waals surface area (Å²) in [6, 6.07) is 0. The average Bonchev–Trinajstić information content (AvgIpc) is 2.14. The first-order chi connectivity index (χ1) is 4.20. The third kappa shape index (κ3) is 0.987. The Morgan fingerprint density at radius 3 is 2.44 bits per heavy atom. The number of nitrogens with zero attached hydrogens (tertiary/aromatic N) is 2. The molecule has 0 aromatic carbocycles. The molecule has 46 valence electrons. The molecule has 9 heavy (non-hydrogen) atoms. The molecule has 0 saturated carbocycles. The molecule has 5 heteroatoms. The molecule has 1 aliphatic heterocycles. The van der Waals surface area contributed by atoms with E-state index in [1.54, 1.807) is 0 Å². The van der Waals surface area contributed by atoms with E-state index < -0.39 is 11.8 Å². The number of primary amides is 1. The van der Waals surface area contributed by atoms with Gasteiger partial charge in [-0.2, -0.15) is 0 Å². The Balaban J connectivity index is 2.88. The van der Waals surface area contributed by atoms with E-state index in [0.717, 1.165) is 6.08 Å². The lowest BCUT2D eigenvalue weighted by Gasteiger charge is -1.80. The molecular weight excluding hydrogens is 122 g/mol. The van der Waals surface area contributed by atoms with Gasteiger partial charge in [-0.05, 0) is 0 Å². The number of hydrogen-bond donors (Lipinski definition) is 1. The van der Waals surface area contributed by atoms with Crippen LogP contribution in [0.5, 0.6) is 0 Å². The monoisotopic (exact) mass is 125 g/mol. The van der Waals surface area contributed by atoms with E-state index in [9.17, 15) is 9.59 Å². The molecule has 0 saturated heterocycles. The van der Waals surface area contributed by atoms with Crippen LogP contribution < -0.4 is 5.73 Å². The molecule has 5 nitrogen and oxygen atoms in total. The lowest BCUT2D eigenvalue weighted by atomic mass is 10.4. The summed E-state index contributed by atoms with van der Waals surface area (Å²) in [5.41, 5.74) is 4.66. The summed E-state index contributed by atoms with van der Waals surface area (Å²) in [6.45, 7) is 0. The number of amides is 2. The van der Waals surface area contributed by atoms with Crippen molar-refractivity contribution < 1.29 is 9.59 Å². The van der Waals surface area contributed by atoms with E-state index in [1.165, 1.54) is 0 Å². The first-order valence-electron chi connectivity index (χ1n) is 2.17. The van der Waals surface area contributed by atoms with Crippen molar-refractivity contribution in [1.82, 2.24) is 0 Å². The third-order valence-electron chi connectivity index (χ3n) is 0.769. The third-order valence-corrected chi connectivity index (χ3v) is 0.769. The number of azo groups is 1. The van der Waals surface area contributed by atoms with Gasteiger partial charge in [0.15, 0.2) is 5.70 Å². The van der Waals surface area contributed by atoms with E-state index in [2.05, 4.69) is 10.2 Å². The molecule has 0 aliphatic carbocycles. The van der Waals surface area contributed by atoms with Crippen molar-refractivity contribution in [2.24, 2.45) is 16.0 Å². The van der Waals surface area contributed by atoms with E-state index in [1.807, 2.05) is 0 Å². The van der Waals surface area contributed by atoms with Crippen molar-refractivity contribution in [2.45, 2.75) is 0 Å². The maximum Gasteiger partial charge on any atom is 0.290 e. The normalized spacial score (nSPS) is 16.0. The summed E-state index contributed by atoms with van der Waals surface area (Å²) in [5.74, 6) is -1.27. The Morgan fingerprint density at radius 2 is 2.22 bits per heavy atom. The van der Waals surface area contributed by atoms with Gasteiger partial charge in [0, 0.05) is 6.08 Å². The molecule has 0 unspecified atom stereocenters. The van der Waals surface area contributed by atoms with Crippen molar-refractivity contribution in [3.63, 3.8) is 0 Å². The van der Waals surface area contributed by atoms with E-state index in [4.69, 9.17) is 5.73 Å². The number of hydrogen-bond acceptors (Lipinski definition) is 3. The summed E-state index contributed by atoms with van der Waals surface area (Å²) in [7, 11) is 0. The molecular formula is C4H3N3O2. The van der Waals surface area contributed by atoms with Gasteiger partial charge in [0.25, 0.3) is 11.8 Å². The molecule has 2 N–H and O–H groups in total. The molecule has 0 aromatic heterocycles. The fourth-order valence-corrected chi connectivity index (χ4v) is 0.398. The largest absolute Gasteiger partial charge is 0.364 e. The fourth-order valence-electron chi connectivity index (χ4n) is 0.398.